The first-order chi connectivity index (χ1) is 8.91. The summed E-state index contributed by atoms with van der Waals surface area (Å²) in [5.41, 5.74) is 0. The van der Waals surface area contributed by atoms with Crippen molar-refractivity contribution in [1.82, 2.24) is 25.4 Å². The topological polar surface area (TPSA) is 129 Å². The van der Waals surface area contributed by atoms with Crippen LogP contribution < -0.4 is 10.6 Å². The van der Waals surface area contributed by atoms with E-state index in [-0.39, 0.29) is 19.0 Å². The summed E-state index contributed by atoms with van der Waals surface area (Å²) in [6.45, 7) is 1.81. The summed E-state index contributed by atoms with van der Waals surface area (Å²) in [6, 6.07) is -0.801. The van der Waals surface area contributed by atoms with Crippen molar-refractivity contribution >= 4 is 12.0 Å². The van der Waals surface area contributed by atoms with Gasteiger partial charge in [-0.1, -0.05) is 0 Å². The number of amides is 2. The third-order valence-corrected chi connectivity index (χ3v) is 2.47. The number of carboxylic acid groups (broad SMARTS) is 1. The van der Waals surface area contributed by atoms with Gasteiger partial charge >= 0.3 is 12.0 Å². The van der Waals surface area contributed by atoms with Crippen LogP contribution in [0.5, 0.6) is 0 Å². The highest BCUT2D eigenvalue weighted by atomic mass is 16.4. The molecule has 4 N–H and O–H groups in total. The minimum absolute atomic E-state index is 0.0545. The molecule has 106 valence electrons. The molecule has 0 fully saturated rings. The Bertz CT molecular complexity index is 447. The molecule has 1 rings (SSSR count). The number of aryl methyl sites for hydroxylation is 1. The van der Waals surface area contributed by atoms with Gasteiger partial charge in [-0.05, 0) is 6.92 Å². The Morgan fingerprint density at radius 3 is 2.74 bits per heavy atom. The predicted octanol–water partition coefficient (Wildman–Crippen LogP) is -0.989. The summed E-state index contributed by atoms with van der Waals surface area (Å²) in [6.07, 6.45) is -0.00751. The number of nitrogens with one attached hydrogen (secondary N) is 2. The van der Waals surface area contributed by atoms with E-state index in [9.17, 15) is 9.59 Å². The van der Waals surface area contributed by atoms with Crippen LogP contribution in [0.25, 0.3) is 0 Å². The molecule has 0 bridgehead atoms. The number of carboxylic acids is 1. The van der Waals surface area contributed by atoms with Gasteiger partial charge in [-0.25, -0.2) is 9.59 Å². The van der Waals surface area contributed by atoms with Gasteiger partial charge < -0.3 is 25.4 Å². The van der Waals surface area contributed by atoms with E-state index in [1.165, 1.54) is 6.33 Å². The van der Waals surface area contributed by atoms with Gasteiger partial charge in [0.2, 0.25) is 0 Å². The van der Waals surface area contributed by atoms with E-state index in [4.69, 9.17) is 10.2 Å². The number of carbonyl (C=O) groups excluding carboxylic acids is 1. The Balaban J connectivity index is 2.32. The molecule has 0 spiro atoms. The Morgan fingerprint density at radius 1 is 1.53 bits per heavy atom. The fraction of sp³-hybridized carbons (Fsp3) is 0.600. The Morgan fingerprint density at radius 2 is 2.21 bits per heavy atom. The monoisotopic (exact) mass is 271 g/mol. The first-order valence-electron chi connectivity index (χ1n) is 5.71. The molecule has 0 radical (unpaired) electrons. The molecule has 2 amide bonds. The number of aliphatic hydroxyl groups is 1. The molecule has 0 aliphatic carbocycles. The molecule has 0 saturated carbocycles. The van der Waals surface area contributed by atoms with Crippen molar-refractivity contribution in [3.05, 3.63) is 12.2 Å². The fourth-order valence-electron chi connectivity index (χ4n) is 1.44. The van der Waals surface area contributed by atoms with Crippen molar-refractivity contribution in [1.29, 1.82) is 0 Å². The number of hydrogen-bond donors (Lipinski definition) is 4. The summed E-state index contributed by atoms with van der Waals surface area (Å²) in [7, 11) is 1.76. The van der Waals surface area contributed by atoms with Crippen molar-refractivity contribution < 1.29 is 19.8 Å². The molecule has 0 aliphatic rings. The van der Waals surface area contributed by atoms with Gasteiger partial charge in [0.1, 0.15) is 6.33 Å². The lowest BCUT2D eigenvalue weighted by atomic mass is 10.2. The number of nitrogens with zero attached hydrogens (tertiary/aromatic N) is 3. The molecular weight excluding hydrogens is 254 g/mol. The smallest absolute Gasteiger partial charge is 0.332 e. The van der Waals surface area contributed by atoms with Crippen LogP contribution in [-0.4, -0.2) is 49.6 Å². The van der Waals surface area contributed by atoms with Crippen molar-refractivity contribution in [2.45, 2.75) is 25.5 Å². The Kier molecular flexibility index (Phi) is 5.24. The third-order valence-electron chi connectivity index (χ3n) is 2.47. The SMILES string of the molecule is CC(NC(=O)NCCC(O)C(=O)O)c1nncn1C. The van der Waals surface area contributed by atoms with E-state index in [1.54, 1.807) is 18.5 Å². The number of aromatic nitrogens is 3. The lowest BCUT2D eigenvalue weighted by molar-refractivity contribution is -0.146. The zero-order valence-electron chi connectivity index (χ0n) is 10.7. The molecule has 1 heterocycles. The molecule has 0 saturated heterocycles. The number of rotatable bonds is 6. The highest BCUT2D eigenvalue weighted by molar-refractivity contribution is 5.74. The number of hydrogen-bond acceptors (Lipinski definition) is 5. The maximum absolute atomic E-state index is 11.5. The molecule has 2 unspecified atom stereocenters. The van der Waals surface area contributed by atoms with Crippen molar-refractivity contribution in [2.75, 3.05) is 6.54 Å². The van der Waals surface area contributed by atoms with Crippen LogP contribution in [-0.2, 0) is 11.8 Å². The lowest BCUT2D eigenvalue weighted by Crippen LogP contribution is -2.39. The number of aliphatic carboxylic acids is 1. The van der Waals surface area contributed by atoms with Crippen LogP contribution in [0, 0.1) is 0 Å². The quantitative estimate of drug-likeness (QED) is 0.525. The third kappa shape index (κ3) is 4.54. The van der Waals surface area contributed by atoms with Gasteiger partial charge in [0.15, 0.2) is 11.9 Å². The maximum atomic E-state index is 11.5. The van der Waals surface area contributed by atoms with Gasteiger partial charge in [0.05, 0.1) is 6.04 Å². The van der Waals surface area contributed by atoms with Crippen LogP contribution >= 0.6 is 0 Å². The minimum Gasteiger partial charge on any atom is -0.479 e. The second-order valence-corrected chi connectivity index (χ2v) is 4.06. The van der Waals surface area contributed by atoms with Crippen LogP contribution in [0.4, 0.5) is 4.79 Å². The first kappa shape index (κ1) is 14.9. The normalized spacial score (nSPS) is 13.6. The molecule has 9 nitrogen and oxygen atoms in total. The molecule has 2 atom stereocenters. The fourth-order valence-corrected chi connectivity index (χ4v) is 1.44. The molecule has 19 heavy (non-hydrogen) atoms. The summed E-state index contributed by atoms with van der Waals surface area (Å²) >= 11 is 0. The van der Waals surface area contributed by atoms with Crippen molar-refractivity contribution in [2.24, 2.45) is 7.05 Å². The van der Waals surface area contributed by atoms with E-state index in [1.807, 2.05) is 0 Å². The van der Waals surface area contributed by atoms with E-state index in [0.29, 0.717) is 5.82 Å². The van der Waals surface area contributed by atoms with E-state index in [0.717, 1.165) is 0 Å². The van der Waals surface area contributed by atoms with Crippen LogP contribution in [0.2, 0.25) is 0 Å². The van der Waals surface area contributed by atoms with E-state index in [2.05, 4.69) is 20.8 Å². The molecular formula is C10H17N5O4. The largest absolute Gasteiger partial charge is 0.479 e. The lowest BCUT2D eigenvalue weighted by Gasteiger charge is -2.14. The van der Waals surface area contributed by atoms with Gasteiger partial charge in [0, 0.05) is 20.0 Å². The van der Waals surface area contributed by atoms with Crippen molar-refractivity contribution in [3.8, 4) is 0 Å². The highest BCUT2D eigenvalue weighted by Gasteiger charge is 2.15. The second kappa shape index (κ2) is 6.69. The Hall–Kier alpha value is -2.16. The zero-order valence-corrected chi connectivity index (χ0v) is 10.7. The number of urea groups is 1. The minimum atomic E-state index is -1.48. The molecule has 1 aromatic heterocycles. The average molecular weight is 271 g/mol. The Labute approximate surface area is 109 Å². The number of carbonyl (C=O) groups is 2. The first-order valence-corrected chi connectivity index (χ1v) is 5.71. The number of aliphatic hydroxyl groups excluding tert-OH is 1. The van der Waals surface area contributed by atoms with Crippen LogP contribution in [0.3, 0.4) is 0 Å². The highest BCUT2D eigenvalue weighted by Crippen LogP contribution is 2.06. The standard InChI is InChI=1S/C10H17N5O4/c1-6(8-14-12-5-15(8)2)13-10(19)11-4-3-7(16)9(17)18/h5-7,16H,3-4H2,1-2H3,(H,17,18)(H2,11,13,19). The average Bonchev–Trinajstić information content (AvgIpc) is 2.75. The van der Waals surface area contributed by atoms with Gasteiger partial charge in [-0.2, -0.15) is 0 Å². The van der Waals surface area contributed by atoms with Crippen LogP contribution in [0.1, 0.15) is 25.2 Å². The van der Waals surface area contributed by atoms with Crippen molar-refractivity contribution in [3.63, 3.8) is 0 Å². The van der Waals surface area contributed by atoms with Crippen LogP contribution in [0.15, 0.2) is 6.33 Å². The van der Waals surface area contributed by atoms with Gasteiger partial charge in [-0.15, -0.1) is 10.2 Å². The van der Waals surface area contributed by atoms with Gasteiger partial charge in [-0.3, -0.25) is 0 Å². The zero-order chi connectivity index (χ0) is 14.4. The molecule has 0 aromatic carbocycles. The second-order valence-electron chi connectivity index (χ2n) is 4.06. The van der Waals surface area contributed by atoms with Gasteiger partial charge in [0.25, 0.3) is 0 Å². The molecule has 1 aromatic rings. The molecule has 0 aliphatic heterocycles. The summed E-state index contributed by atoms with van der Waals surface area (Å²) < 4.78 is 1.68. The summed E-state index contributed by atoms with van der Waals surface area (Å²) in [5, 5.41) is 30.1. The maximum Gasteiger partial charge on any atom is 0.332 e. The summed E-state index contributed by atoms with van der Waals surface area (Å²) in [4.78, 5) is 21.9. The van der Waals surface area contributed by atoms with E-state index < -0.39 is 18.1 Å². The summed E-state index contributed by atoms with van der Waals surface area (Å²) in [5.74, 6) is -0.713. The predicted molar refractivity (Wildman–Crippen MR) is 64.2 cm³/mol. The van der Waals surface area contributed by atoms with E-state index >= 15 is 0 Å². The molecule has 9 heteroatoms.